The van der Waals surface area contributed by atoms with Gasteiger partial charge in [-0.15, -0.1) is 0 Å². The quantitative estimate of drug-likeness (QED) is 0.683. The van der Waals surface area contributed by atoms with Crippen LogP contribution in [0.5, 0.6) is 11.5 Å². The van der Waals surface area contributed by atoms with Gasteiger partial charge in [0.05, 0.1) is 10.9 Å². The highest BCUT2D eigenvalue weighted by Gasteiger charge is 2.54. The average Bonchev–Trinajstić information content (AvgIpc) is 3.30. The van der Waals surface area contributed by atoms with E-state index < -0.39 is 33.5 Å². The molecule has 0 saturated carbocycles. The van der Waals surface area contributed by atoms with Crippen molar-refractivity contribution in [3.8, 4) is 11.5 Å². The summed E-state index contributed by atoms with van der Waals surface area (Å²) in [5.41, 5.74) is -1.31. The molecule has 0 radical (unpaired) electrons. The van der Waals surface area contributed by atoms with E-state index in [2.05, 4.69) is 10.6 Å². The summed E-state index contributed by atoms with van der Waals surface area (Å²) >= 11 is 5.86. The molecule has 0 aromatic heterocycles. The fourth-order valence-electron chi connectivity index (χ4n) is 3.85. The highest BCUT2D eigenvalue weighted by Crippen LogP contribution is 2.34. The number of hydrogen-bond donors (Lipinski definition) is 2. The minimum absolute atomic E-state index is 0.0891. The van der Waals surface area contributed by atoms with E-state index in [1.54, 1.807) is 43.3 Å². The number of imide groups is 1. The number of ether oxygens (including phenoxy) is 1. The van der Waals surface area contributed by atoms with Gasteiger partial charge in [-0.2, -0.15) is 4.31 Å². The zero-order chi connectivity index (χ0) is 21.5. The summed E-state index contributed by atoms with van der Waals surface area (Å²) in [6.45, 7) is 1.82. The number of halogens is 1. The summed E-state index contributed by atoms with van der Waals surface area (Å²) < 4.78 is 33.5. The van der Waals surface area contributed by atoms with Gasteiger partial charge in [0.1, 0.15) is 17.0 Å². The number of carbonyl (C=O) groups excluding carboxylic acids is 2. The zero-order valence-electron chi connectivity index (χ0n) is 16.1. The lowest BCUT2D eigenvalue weighted by Crippen LogP contribution is -2.59. The first-order valence-electron chi connectivity index (χ1n) is 9.39. The van der Waals surface area contributed by atoms with Crippen molar-refractivity contribution < 1.29 is 22.7 Å². The summed E-state index contributed by atoms with van der Waals surface area (Å²) in [6, 6.07) is 11.6. The van der Waals surface area contributed by atoms with Crippen LogP contribution >= 0.6 is 11.6 Å². The number of carbonyl (C=O) groups is 2. The van der Waals surface area contributed by atoms with E-state index in [1.165, 1.54) is 16.4 Å². The molecular formula is C20H20ClN3O5S. The van der Waals surface area contributed by atoms with Crippen molar-refractivity contribution in [2.45, 2.75) is 36.2 Å². The van der Waals surface area contributed by atoms with Crippen molar-refractivity contribution in [3.63, 3.8) is 0 Å². The molecule has 158 valence electrons. The Morgan fingerprint density at radius 2 is 1.67 bits per heavy atom. The van der Waals surface area contributed by atoms with Crippen LogP contribution in [0.25, 0.3) is 0 Å². The third kappa shape index (κ3) is 3.64. The lowest BCUT2D eigenvalue weighted by molar-refractivity contribution is -0.124. The Bertz CT molecular complexity index is 1090. The Labute approximate surface area is 179 Å². The van der Waals surface area contributed by atoms with Gasteiger partial charge in [-0.3, -0.25) is 10.1 Å². The molecule has 0 bridgehead atoms. The number of sulfonamides is 1. The third-order valence-corrected chi connectivity index (χ3v) is 7.60. The molecule has 2 aromatic rings. The molecular weight excluding hydrogens is 430 g/mol. The van der Waals surface area contributed by atoms with Gasteiger partial charge in [0, 0.05) is 11.6 Å². The van der Waals surface area contributed by atoms with Gasteiger partial charge in [-0.25, -0.2) is 13.2 Å². The highest BCUT2D eigenvalue weighted by molar-refractivity contribution is 7.89. The molecule has 30 heavy (non-hydrogen) atoms. The Balaban J connectivity index is 1.56. The fourth-order valence-corrected chi connectivity index (χ4v) is 5.75. The summed E-state index contributed by atoms with van der Waals surface area (Å²) in [7, 11) is -3.87. The number of urea groups is 1. The van der Waals surface area contributed by atoms with Crippen LogP contribution in [0.15, 0.2) is 53.4 Å². The molecule has 2 fully saturated rings. The van der Waals surface area contributed by atoms with Gasteiger partial charge >= 0.3 is 6.03 Å². The first-order valence-corrected chi connectivity index (χ1v) is 11.2. The first-order chi connectivity index (χ1) is 14.2. The molecule has 2 aliphatic rings. The normalized spacial score (nSPS) is 24.5. The molecule has 4 rings (SSSR count). The smallest absolute Gasteiger partial charge is 0.322 e. The molecule has 10 heteroatoms. The first kappa shape index (κ1) is 20.6. The lowest BCUT2D eigenvalue weighted by Gasteiger charge is -2.34. The second kappa shape index (κ2) is 7.57. The number of benzene rings is 2. The van der Waals surface area contributed by atoms with E-state index >= 15 is 0 Å². The van der Waals surface area contributed by atoms with Crippen molar-refractivity contribution in [3.05, 3.63) is 53.6 Å². The molecule has 2 heterocycles. The Kier molecular flexibility index (Phi) is 5.21. The van der Waals surface area contributed by atoms with Crippen molar-refractivity contribution in [2.75, 3.05) is 6.54 Å². The molecule has 2 atom stereocenters. The minimum atomic E-state index is -3.87. The Hall–Kier alpha value is -2.62. The number of amides is 3. The molecule has 2 aromatic carbocycles. The van der Waals surface area contributed by atoms with Crippen molar-refractivity contribution in [1.29, 1.82) is 0 Å². The molecule has 2 aliphatic heterocycles. The number of nitrogens with zero attached hydrogens (tertiary/aromatic N) is 1. The lowest BCUT2D eigenvalue weighted by atomic mass is 9.91. The van der Waals surface area contributed by atoms with Crippen LogP contribution in [0.2, 0.25) is 5.02 Å². The van der Waals surface area contributed by atoms with Crippen LogP contribution in [-0.2, 0) is 14.8 Å². The minimum Gasteiger partial charge on any atom is -0.457 e. The van der Waals surface area contributed by atoms with Gasteiger partial charge in [-0.05, 0) is 68.3 Å². The van der Waals surface area contributed by atoms with Gasteiger partial charge in [0.25, 0.3) is 5.91 Å². The molecule has 2 unspecified atom stereocenters. The molecule has 8 nitrogen and oxygen atoms in total. The summed E-state index contributed by atoms with van der Waals surface area (Å²) in [5.74, 6) is 0.528. The summed E-state index contributed by atoms with van der Waals surface area (Å²) in [6.07, 6.45) is 1.07. The molecule has 2 N–H and O–H groups in total. The van der Waals surface area contributed by atoms with E-state index in [0.29, 0.717) is 29.4 Å². The van der Waals surface area contributed by atoms with E-state index in [9.17, 15) is 18.0 Å². The number of rotatable bonds is 5. The van der Waals surface area contributed by atoms with Gasteiger partial charge in [-0.1, -0.05) is 11.6 Å². The second-order valence-electron chi connectivity index (χ2n) is 7.41. The van der Waals surface area contributed by atoms with Crippen LogP contribution in [0.4, 0.5) is 4.79 Å². The molecule has 2 saturated heterocycles. The van der Waals surface area contributed by atoms with Crippen molar-refractivity contribution in [1.82, 2.24) is 14.9 Å². The predicted octanol–water partition coefficient (Wildman–Crippen LogP) is 2.88. The van der Waals surface area contributed by atoms with E-state index in [4.69, 9.17) is 16.3 Å². The van der Waals surface area contributed by atoms with Gasteiger partial charge < -0.3 is 10.1 Å². The van der Waals surface area contributed by atoms with Crippen LogP contribution < -0.4 is 15.4 Å². The average molecular weight is 450 g/mol. The van der Waals surface area contributed by atoms with E-state index in [-0.39, 0.29) is 11.4 Å². The number of hydrogen-bond acceptors (Lipinski definition) is 5. The predicted molar refractivity (Wildman–Crippen MR) is 110 cm³/mol. The fraction of sp³-hybridized carbons (Fsp3) is 0.300. The van der Waals surface area contributed by atoms with Gasteiger partial charge in [0.15, 0.2) is 0 Å². The van der Waals surface area contributed by atoms with Gasteiger partial charge in [0.2, 0.25) is 10.0 Å². The van der Waals surface area contributed by atoms with Crippen molar-refractivity contribution in [2.24, 2.45) is 0 Å². The maximum atomic E-state index is 13.3. The third-order valence-electron chi connectivity index (χ3n) is 5.42. The molecule has 0 spiro atoms. The zero-order valence-corrected chi connectivity index (χ0v) is 17.7. The topological polar surface area (TPSA) is 105 Å². The maximum Gasteiger partial charge on any atom is 0.322 e. The van der Waals surface area contributed by atoms with Crippen LogP contribution in [0.1, 0.15) is 19.8 Å². The monoisotopic (exact) mass is 449 g/mol. The second-order valence-corrected chi connectivity index (χ2v) is 9.74. The van der Waals surface area contributed by atoms with Crippen LogP contribution in [0, 0.1) is 0 Å². The Morgan fingerprint density at radius 3 is 2.23 bits per heavy atom. The molecule has 0 aliphatic carbocycles. The standard InChI is InChI=1S/C20H20ClN3O5S/c1-20(18(25)22-19(26)23-20)17-3-2-12-24(17)30(27,28)16-10-8-15(9-11-16)29-14-6-4-13(21)5-7-14/h4-11,17H,2-3,12H2,1H3,(H2,22,23,25,26). The van der Waals surface area contributed by atoms with Crippen LogP contribution in [0.3, 0.4) is 0 Å². The highest BCUT2D eigenvalue weighted by atomic mass is 35.5. The maximum absolute atomic E-state index is 13.3. The molecule has 3 amide bonds. The summed E-state index contributed by atoms with van der Waals surface area (Å²) in [5, 5.41) is 5.36. The van der Waals surface area contributed by atoms with E-state index in [1.807, 2.05) is 0 Å². The van der Waals surface area contributed by atoms with Crippen molar-refractivity contribution >= 4 is 33.6 Å². The SMILES string of the molecule is CC1(C2CCCN2S(=O)(=O)c2ccc(Oc3ccc(Cl)cc3)cc2)NC(=O)NC1=O. The number of nitrogens with one attached hydrogen (secondary N) is 2. The van der Waals surface area contributed by atoms with Crippen LogP contribution in [-0.4, -0.2) is 42.8 Å². The van der Waals surface area contributed by atoms with E-state index in [0.717, 1.165) is 0 Å². The summed E-state index contributed by atoms with van der Waals surface area (Å²) in [4.78, 5) is 24.0. The largest absolute Gasteiger partial charge is 0.457 e. The Morgan fingerprint density at radius 1 is 1.07 bits per heavy atom.